The van der Waals surface area contributed by atoms with E-state index in [-0.39, 0.29) is 42.3 Å². The standard InChI is InChI=1S/C22H30N6O5S/c23-22(24)25-10-9-20(30)26-13-17-6-3-11-28(17)21(31)19(14-29)27-34(32,33)18-8-7-15-4-1-2-5-16(15)12-18/h1-2,4-5,7-8,12,17,19,27,29H,3,6,9-11,13-14H2,(H,26,30)(H4,23,24,25)/t17-,19-/m0/s1. The summed E-state index contributed by atoms with van der Waals surface area (Å²) in [6.07, 6.45) is 1.46. The van der Waals surface area contributed by atoms with Gasteiger partial charge in [-0.15, -0.1) is 0 Å². The zero-order chi connectivity index (χ0) is 24.7. The van der Waals surface area contributed by atoms with E-state index in [4.69, 9.17) is 11.1 Å². The van der Waals surface area contributed by atoms with E-state index < -0.39 is 28.6 Å². The number of benzene rings is 2. The van der Waals surface area contributed by atoms with Gasteiger partial charge in [0.05, 0.1) is 11.5 Å². The second-order valence-corrected chi connectivity index (χ2v) is 9.80. The molecule has 7 N–H and O–H groups in total. The van der Waals surface area contributed by atoms with Crippen LogP contribution in [0.3, 0.4) is 0 Å². The van der Waals surface area contributed by atoms with Gasteiger partial charge < -0.3 is 26.4 Å². The minimum atomic E-state index is -4.06. The van der Waals surface area contributed by atoms with Gasteiger partial charge in [-0.25, -0.2) is 8.42 Å². The van der Waals surface area contributed by atoms with Gasteiger partial charge in [-0.2, -0.15) is 4.72 Å². The fourth-order valence-electron chi connectivity index (χ4n) is 3.92. The fraction of sp³-hybridized carbons (Fsp3) is 0.409. The molecule has 1 heterocycles. The Morgan fingerprint density at radius 2 is 1.91 bits per heavy atom. The molecule has 2 aromatic carbocycles. The monoisotopic (exact) mass is 490 g/mol. The minimum Gasteiger partial charge on any atom is -0.394 e. The average Bonchev–Trinajstić information content (AvgIpc) is 3.29. The maximum atomic E-state index is 13.1. The Balaban J connectivity index is 1.62. The third kappa shape index (κ3) is 6.43. The number of rotatable bonds is 10. The van der Waals surface area contributed by atoms with Crippen LogP contribution in [-0.2, 0) is 19.6 Å². The van der Waals surface area contributed by atoms with Crippen LogP contribution in [-0.4, -0.2) is 74.5 Å². The van der Waals surface area contributed by atoms with Gasteiger partial charge in [-0.1, -0.05) is 30.3 Å². The Bertz CT molecular complexity index is 1160. The first-order valence-electron chi connectivity index (χ1n) is 11.0. The fourth-order valence-corrected chi connectivity index (χ4v) is 5.14. The molecule has 12 heteroatoms. The number of carbonyl (C=O) groups is 2. The number of hydrogen-bond acceptors (Lipinski definition) is 6. The number of amides is 2. The predicted octanol–water partition coefficient (Wildman–Crippen LogP) is -0.541. The van der Waals surface area contributed by atoms with Crippen molar-refractivity contribution in [2.24, 2.45) is 5.73 Å². The molecule has 1 saturated heterocycles. The molecule has 0 unspecified atom stereocenters. The zero-order valence-corrected chi connectivity index (χ0v) is 19.5. The molecule has 34 heavy (non-hydrogen) atoms. The van der Waals surface area contributed by atoms with E-state index in [0.717, 1.165) is 10.8 Å². The SMILES string of the molecule is N=C(N)NCCC(=O)NC[C@@H]1CCCN1C(=O)[C@H](CO)NS(=O)(=O)c1ccc2ccccc2c1. The Hall–Kier alpha value is -3.22. The molecule has 0 spiro atoms. The van der Waals surface area contributed by atoms with Crippen molar-refractivity contribution in [3.63, 3.8) is 0 Å². The van der Waals surface area contributed by atoms with Crippen molar-refractivity contribution in [1.29, 1.82) is 5.41 Å². The van der Waals surface area contributed by atoms with Crippen molar-refractivity contribution < 1.29 is 23.1 Å². The average molecular weight is 491 g/mol. The van der Waals surface area contributed by atoms with Crippen LogP contribution in [0.5, 0.6) is 0 Å². The smallest absolute Gasteiger partial charge is 0.243 e. The topological polar surface area (TPSA) is 178 Å². The number of aliphatic hydroxyl groups excluding tert-OH is 1. The van der Waals surface area contributed by atoms with E-state index in [9.17, 15) is 23.1 Å². The van der Waals surface area contributed by atoms with Gasteiger partial charge in [0, 0.05) is 32.1 Å². The molecule has 0 aromatic heterocycles. The highest BCUT2D eigenvalue weighted by Gasteiger charge is 2.35. The second-order valence-electron chi connectivity index (χ2n) is 8.09. The van der Waals surface area contributed by atoms with Crippen LogP contribution in [0.15, 0.2) is 47.4 Å². The Morgan fingerprint density at radius 1 is 1.18 bits per heavy atom. The molecule has 1 fully saturated rings. The lowest BCUT2D eigenvalue weighted by Crippen LogP contribution is -2.53. The summed E-state index contributed by atoms with van der Waals surface area (Å²) in [5.74, 6) is -1.02. The van der Waals surface area contributed by atoms with Gasteiger partial charge >= 0.3 is 0 Å². The number of likely N-dealkylation sites (tertiary alicyclic amines) is 1. The van der Waals surface area contributed by atoms with Crippen LogP contribution in [0, 0.1) is 5.41 Å². The van der Waals surface area contributed by atoms with Gasteiger partial charge in [0.25, 0.3) is 0 Å². The number of aliphatic hydroxyl groups is 1. The molecule has 0 bridgehead atoms. The summed E-state index contributed by atoms with van der Waals surface area (Å²) < 4.78 is 28.2. The molecule has 0 radical (unpaired) electrons. The normalized spacial score (nSPS) is 16.9. The maximum Gasteiger partial charge on any atom is 0.243 e. The molecule has 2 amide bonds. The van der Waals surface area contributed by atoms with Gasteiger partial charge in [0.2, 0.25) is 21.8 Å². The van der Waals surface area contributed by atoms with Gasteiger partial charge in [0.1, 0.15) is 6.04 Å². The van der Waals surface area contributed by atoms with E-state index in [1.54, 1.807) is 18.2 Å². The number of sulfonamides is 1. The van der Waals surface area contributed by atoms with Crippen LogP contribution >= 0.6 is 0 Å². The van der Waals surface area contributed by atoms with E-state index >= 15 is 0 Å². The first-order valence-corrected chi connectivity index (χ1v) is 12.5. The van der Waals surface area contributed by atoms with Gasteiger partial charge in [-0.3, -0.25) is 15.0 Å². The van der Waals surface area contributed by atoms with Crippen molar-refractivity contribution in [3.8, 4) is 0 Å². The number of nitrogens with zero attached hydrogens (tertiary/aromatic N) is 1. The molecular formula is C22H30N6O5S. The summed E-state index contributed by atoms with van der Waals surface area (Å²) in [6.45, 7) is 0.134. The summed E-state index contributed by atoms with van der Waals surface area (Å²) in [4.78, 5) is 26.6. The molecule has 0 aliphatic carbocycles. The van der Waals surface area contributed by atoms with Crippen molar-refractivity contribution in [2.45, 2.75) is 36.2 Å². The van der Waals surface area contributed by atoms with Crippen molar-refractivity contribution >= 4 is 38.6 Å². The third-order valence-corrected chi connectivity index (χ3v) is 7.14. The third-order valence-electron chi connectivity index (χ3n) is 5.67. The number of nitrogens with one attached hydrogen (secondary N) is 4. The van der Waals surface area contributed by atoms with Crippen molar-refractivity contribution in [1.82, 2.24) is 20.3 Å². The quantitative estimate of drug-likeness (QED) is 0.191. The summed E-state index contributed by atoms with van der Waals surface area (Å²) in [7, 11) is -4.06. The predicted molar refractivity (Wildman–Crippen MR) is 127 cm³/mol. The number of carbonyl (C=O) groups excluding carboxylic acids is 2. The summed E-state index contributed by atoms with van der Waals surface area (Å²) in [5, 5.41) is 23.8. The van der Waals surface area contributed by atoms with Crippen LogP contribution < -0.4 is 21.1 Å². The molecule has 2 aromatic rings. The van der Waals surface area contributed by atoms with Gasteiger partial charge in [-0.05, 0) is 35.7 Å². The highest BCUT2D eigenvalue weighted by molar-refractivity contribution is 7.89. The van der Waals surface area contributed by atoms with E-state index in [0.29, 0.717) is 19.4 Å². The largest absolute Gasteiger partial charge is 0.394 e. The lowest BCUT2D eigenvalue weighted by molar-refractivity contribution is -0.135. The lowest BCUT2D eigenvalue weighted by Gasteiger charge is -2.28. The minimum absolute atomic E-state index is 0.00172. The molecular weight excluding hydrogens is 460 g/mol. The maximum absolute atomic E-state index is 13.1. The molecule has 1 aliphatic heterocycles. The molecule has 1 aliphatic rings. The van der Waals surface area contributed by atoms with Crippen molar-refractivity contribution in [3.05, 3.63) is 42.5 Å². The Labute approximate surface area is 198 Å². The summed E-state index contributed by atoms with van der Waals surface area (Å²) >= 11 is 0. The molecule has 2 atom stereocenters. The highest BCUT2D eigenvalue weighted by atomic mass is 32.2. The number of fused-ring (bicyclic) bond motifs is 1. The molecule has 11 nitrogen and oxygen atoms in total. The van der Waals surface area contributed by atoms with Crippen LogP contribution in [0.2, 0.25) is 0 Å². The van der Waals surface area contributed by atoms with Crippen LogP contribution in [0.25, 0.3) is 10.8 Å². The van der Waals surface area contributed by atoms with E-state index in [1.807, 2.05) is 12.1 Å². The van der Waals surface area contributed by atoms with E-state index in [1.165, 1.54) is 17.0 Å². The lowest BCUT2D eigenvalue weighted by atomic mass is 10.1. The summed E-state index contributed by atoms with van der Waals surface area (Å²) in [5.41, 5.74) is 5.18. The first-order chi connectivity index (χ1) is 16.2. The number of nitrogens with two attached hydrogens (primary N) is 1. The number of hydrogen-bond donors (Lipinski definition) is 6. The second kappa shape index (κ2) is 11.3. The van der Waals surface area contributed by atoms with E-state index in [2.05, 4.69) is 15.4 Å². The molecule has 3 rings (SSSR count). The van der Waals surface area contributed by atoms with Crippen LogP contribution in [0.1, 0.15) is 19.3 Å². The molecule has 0 saturated carbocycles. The Morgan fingerprint density at radius 3 is 2.62 bits per heavy atom. The highest BCUT2D eigenvalue weighted by Crippen LogP contribution is 2.21. The zero-order valence-electron chi connectivity index (χ0n) is 18.7. The Kier molecular flexibility index (Phi) is 8.42. The van der Waals surface area contributed by atoms with Gasteiger partial charge in [0.15, 0.2) is 5.96 Å². The number of guanidine groups is 1. The van der Waals surface area contributed by atoms with Crippen molar-refractivity contribution in [2.75, 3.05) is 26.2 Å². The first kappa shape index (κ1) is 25.4. The summed E-state index contributed by atoms with van der Waals surface area (Å²) in [6, 6.07) is 10.3. The van der Waals surface area contributed by atoms with Crippen LogP contribution in [0.4, 0.5) is 0 Å². The molecule has 184 valence electrons.